The first-order valence-electron chi connectivity index (χ1n) is 6.73. The molecule has 1 aromatic rings. The van der Waals surface area contributed by atoms with Gasteiger partial charge in [-0.3, -0.25) is 4.79 Å². The Morgan fingerprint density at radius 2 is 2.30 bits per heavy atom. The second-order valence-electron chi connectivity index (χ2n) is 4.73. The number of rotatable bonds is 4. The first kappa shape index (κ1) is 14.5. The number of carbonyl (C=O) groups excluding carboxylic acids is 1. The largest absolute Gasteiger partial charge is 0.345 e. The smallest absolute Gasteiger partial charge is 0.261 e. The van der Waals surface area contributed by atoms with Gasteiger partial charge in [-0.25, -0.2) is 0 Å². The lowest BCUT2D eigenvalue weighted by atomic mass is 10.0. The molecule has 3 heteroatoms. The van der Waals surface area contributed by atoms with E-state index in [-0.39, 0.29) is 11.9 Å². The van der Waals surface area contributed by atoms with Crippen LogP contribution < -0.4 is 5.32 Å². The molecule has 0 bridgehead atoms. The third-order valence-electron chi connectivity index (χ3n) is 3.16. The molecule has 0 saturated heterocycles. The minimum absolute atomic E-state index is 0.00809. The summed E-state index contributed by atoms with van der Waals surface area (Å²) in [4.78, 5) is 13.0. The van der Waals surface area contributed by atoms with Gasteiger partial charge in [0.2, 0.25) is 0 Å². The molecule has 2 rings (SSSR count). The molecule has 0 aromatic carbocycles. The second kappa shape index (κ2) is 7.06. The van der Waals surface area contributed by atoms with E-state index in [2.05, 4.69) is 11.4 Å². The van der Waals surface area contributed by atoms with Crippen molar-refractivity contribution in [3.8, 4) is 0 Å². The fraction of sp³-hybridized carbons (Fsp3) is 0.235. The van der Waals surface area contributed by atoms with Crippen LogP contribution in [0.3, 0.4) is 0 Å². The molecule has 0 fully saturated rings. The fourth-order valence-corrected chi connectivity index (χ4v) is 2.75. The molecule has 1 amide bonds. The number of hydrogen-bond acceptors (Lipinski definition) is 2. The summed E-state index contributed by atoms with van der Waals surface area (Å²) in [6.07, 6.45) is 15.0. The monoisotopic (exact) mass is 285 g/mol. The lowest BCUT2D eigenvalue weighted by Gasteiger charge is -2.19. The summed E-state index contributed by atoms with van der Waals surface area (Å²) in [6.45, 7) is 4.03. The highest BCUT2D eigenvalue weighted by Gasteiger charge is 2.16. The van der Waals surface area contributed by atoms with Crippen molar-refractivity contribution in [2.75, 3.05) is 0 Å². The van der Waals surface area contributed by atoms with Gasteiger partial charge in [-0.1, -0.05) is 48.1 Å². The maximum absolute atomic E-state index is 12.2. The van der Waals surface area contributed by atoms with E-state index in [4.69, 9.17) is 0 Å². The molecule has 0 spiro atoms. The van der Waals surface area contributed by atoms with Crippen molar-refractivity contribution in [3.05, 3.63) is 63.9 Å². The van der Waals surface area contributed by atoms with Gasteiger partial charge in [0.15, 0.2) is 0 Å². The van der Waals surface area contributed by atoms with Crippen LogP contribution in [0, 0.1) is 0 Å². The van der Waals surface area contributed by atoms with Crippen LogP contribution in [0.4, 0.5) is 0 Å². The zero-order valence-corrected chi connectivity index (χ0v) is 12.6. The van der Waals surface area contributed by atoms with Gasteiger partial charge in [-0.15, -0.1) is 11.3 Å². The molecule has 0 radical (unpaired) electrons. The summed E-state index contributed by atoms with van der Waals surface area (Å²) in [6, 6.07) is 2.05. The van der Waals surface area contributed by atoms with Crippen LogP contribution in [0.25, 0.3) is 6.08 Å². The average Bonchev–Trinajstić information content (AvgIpc) is 2.91. The Kier molecular flexibility index (Phi) is 5.13. The van der Waals surface area contributed by atoms with E-state index in [1.807, 2.05) is 61.8 Å². The van der Waals surface area contributed by atoms with Crippen molar-refractivity contribution >= 4 is 23.3 Å². The topological polar surface area (TPSA) is 29.1 Å². The molecule has 1 heterocycles. The number of amides is 1. The molecule has 1 aliphatic rings. The van der Waals surface area contributed by atoms with E-state index in [0.29, 0.717) is 0 Å². The summed E-state index contributed by atoms with van der Waals surface area (Å²) in [5, 5.41) is 5.08. The Morgan fingerprint density at radius 3 is 3.05 bits per heavy atom. The van der Waals surface area contributed by atoms with Crippen molar-refractivity contribution in [3.63, 3.8) is 0 Å². The van der Waals surface area contributed by atoms with Crippen LogP contribution in [0.15, 0.2) is 53.5 Å². The highest BCUT2D eigenvalue weighted by Crippen LogP contribution is 2.18. The van der Waals surface area contributed by atoms with Crippen molar-refractivity contribution in [2.45, 2.75) is 26.3 Å². The van der Waals surface area contributed by atoms with Gasteiger partial charge in [0.1, 0.15) is 0 Å². The fourth-order valence-electron chi connectivity index (χ4n) is 1.97. The predicted octanol–water partition coefficient (Wildman–Crippen LogP) is 4.34. The first-order chi connectivity index (χ1) is 9.70. The van der Waals surface area contributed by atoms with E-state index in [0.717, 1.165) is 16.9 Å². The number of nitrogens with one attached hydrogen (secondary N) is 1. The Hall–Kier alpha value is -1.87. The van der Waals surface area contributed by atoms with Crippen LogP contribution in [-0.2, 0) is 0 Å². The average molecular weight is 285 g/mol. The highest BCUT2D eigenvalue weighted by atomic mass is 32.1. The summed E-state index contributed by atoms with van der Waals surface area (Å²) in [5.74, 6) is 0.00809. The van der Waals surface area contributed by atoms with Crippen LogP contribution in [0.5, 0.6) is 0 Å². The zero-order chi connectivity index (χ0) is 14.4. The number of carbonyl (C=O) groups is 1. The summed E-state index contributed by atoms with van der Waals surface area (Å²) < 4.78 is 0. The number of hydrogen-bond donors (Lipinski definition) is 1. The van der Waals surface area contributed by atoms with E-state index in [1.54, 1.807) is 0 Å². The molecular formula is C17H19NOS. The van der Waals surface area contributed by atoms with Gasteiger partial charge >= 0.3 is 0 Å². The van der Waals surface area contributed by atoms with E-state index in [1.165, 1.54) is 16.9 Å². The van der Waals surface area contributed by atoms with Crippen molar-refractivity contribution < 1.29 is 4.79 Å². The van der Waals surface area contributed by atoms with Crippen LogP contribution in [0.1, 0.15) is 35.5 Å². The van der Waals surface area contributed by atoms with Crippen LogP contribution in [-0.4, -0.2) is 11.9 Å². The Labute approximate surface area is 124 Å². The van der Waals surface area contributed by atoms with Gasteiger partial charge in [-0.2, -0.15) is 0 Å². The van der Waals surface area contributed by atoms with E-state index in [9.17, 15) is 4.79 Å². The number of allylic oxidation sites excluding steroid dienone is 5. The first-order valence-corrected chi connectivity index (χ1v) is 7.60. The molecule has 0 aliphatic heterocycles. The second-order valence-corrected chi connectivity index (χ2v) is 5.64. The Morgan fingerprint density at radius 1 is 1.45 bits per heavy atom. The van der Waals surface area contributed by atoms with Gasteiger partial charge in [0.25, 0.3) is 5.91 Å². The molecule has 2 nitrogen and oxygen atoms in total. The standard InChI is InChI=1S/C17H19NOS/c1-3-4-5-9-14-11-16(20-12-14)17(19)18-15-10-7-6-8-13(15)2/h3-9,11-12,15H,10H2,1-2H3,(H,18,19)/b4-3-,9-5-. The van der Waals surface area contributed by atoms with E-state index < -0.39 is 0 Å². The summed E-state index contributed by atoms with van der Waals surface area (Å²) in [7, 11) is 0. The zero-order valence-electron chi connectivity index (χ0n) is 11.8. The van der Waals surface area contributed by atoms with Crippen LogP contribution >= 0.6 is 11.3 Å². The molecule has 0 saturated carbocycles. The minimum Gasteiger partial charge on any atom is -0.345 e. The van der Waals surface area contributed by atoms with Gasteiger partial charge < -0.3 is 5.32 Å². The lowest BCUT2D eigenvalue weighted by Crippen LogP contribution is -2.35. The van der Waals surface area contributed by atoms with Gasteiger partial charge in [-0.05, 0) is 37.3 Å². The number of thiophene rings is 1. The summed E-state index contributed by atoms with van der Waals surface area (Å²) in [5.41, 5.74) is 2.26. The molecule has 1 unspecified atom stereocenters. The van der Waals surface area contributed by atoms with Crippen molar-refractivity contribution in [2.24, 2.45) is 0 Å². The normalized spacial score (nSPS) is 18.7. The molecule has 20 heavy (non-hydrogen) atoms. The van der Waals surface area contributed by atoms with Gasteiger partial charge in [0.05, 0.1) is 10.9 Å². The maximum Gasteiger partial charge on any atom is 0.261 e. The lowest BCUT2D eigenvalue weighted by molar-refractivity contribution is 0.0947. The Bertz CT molecular complexity index is 590. The third kappa shape index (κ3) is 3.81. The molecule has 1 N–H and O–H groups in total. The highest BCUT2D eigenvalue weighted by molar-refractivity contribution is 7.12. The predicted molar refractivity (Wildman–Crippen MR) is 86.9 cm³/mol. The molecule has 1 aliphatic carbocycles. The maximum atomic E-state index is 12.2. The van der Waals surface area contributed by atoms with Crippen molar-refractivity contribution in [1.29, 1.82) is 0 Å². The minimum atomic E-state index is 0.00809. The SMILES string of the molecule is C/C=C\C=C/c1csc(C(=O)NC2CC=CC=C2C)c1. The van der Waals surface area contributed by atoms with Crippen LogP contribution in [0.2, 0.25) is 0 Å². The van der Waals surface area contributed by atoms with Gasteiger partial charge in [0, 0.05) is 0 Å². The third-order valence-corrected chi connectivity index (χ3v) is 4.10. The molecule has 104 valence electrons. The molecular weight excluding hydrogens is 266 g/mol. The quantitative estimate of drug-likeness (QED) is 0.819. The Balaban J connectivity index is 1.99. The molecule has 1 aromatic heterocycles. The summed E-state index contributed by atoms with van der Waals surface area (Å²) >= 11 is 1.48. The van der Waals surface area contributed by atoms with E-state index >= 15 is 0 Å². The van der Waals surface area contributed by atoms with Crippen molar-refractivity contribution in [1.82, 2.24) is 5.32 Å². The molecule has 1 atom stereocenters.